The smallest absolute Gasteiger partial charge is 0.289 e. The highest BCUT2D eigenvalue weighted by molar-refractivity contribution is 7.07. The second-order valence-electron chi connectivity index (χ2n) is 3.85. The van der Waals surface area contributed by atoms with E-state index in [9.17, 15) is 10.1 Å². The Balaban J connectivity index is 2.20. The SMILES string of the molecule is CC(Nc1ccc(Cl)c([N+](=O)[O-])c1)c1ccsc1. The minimum Gasteiger partial charge on any atom is -0.378 e. The van der Waals surface area contributed by atoms with Crippen molar-refractivity contribution in [1.29, 1.82) is 0 Å². The second kappa shape index (κ2) is 5.37. The van der Waals surface area contributed by atoms with Crippen molar-refractivity contribution in [3.05, 3.63) is 55.7 Å². The van der Waals surface area contributed by atoms with Crippen LogP contribution in [0.3, 0.4) is 0 Å². The predicted octanol–water partition coefficient (Wildman–Crippen LogP) is 4.48. The molecule has 0 radical (unpaired) electrons. The molecule has 2 aromatic rings. The maximum Gasteiger partial charge on any atom is 0.289 e. The van der Waals surface area contributed by atoms with Gasteiger partial charge in [-0.3, -0.25) is 10.1 Å². The van der Waals surface area contributed by atoms with Gasteiger partial charge in [-0.1, -0.05) is 11.6 Å². The summed E-state index contributed by atoms with van der Waals surface area (Å²) >= 11 is 7.38. The van der Waals surface area contributed by atoms with Crippen molar-refractivity contribution in [2.24, 2.45) is 0 Å². The summed E-state index contributed by atoms with van der Waals surface area (Å²) in [5.41, 5.74) is 1.75. The normalized spacial score (nSPS) is 12.1. The highest BCUT2D eigenvalue weighted by Crippen LogP contribution is 2.29. The van der Waals surface area contributed by atoms with E-state index < -0.39 is 4.92 Å². The predicted molar refractivity (Wildman–Crippen MR) is 74.5 cm³/mol. The lowest BCUT2D eigenvalue weighted by molar-refractivity contribution is -0.384. The van der Waals surface area contributed by atoms with Crippen molar-refractivity contribution in [3.8, 4) is 0 Å². The number of thiophene rings is 1. The summed E-state index contributed by atoms with van der Waals surface area (Å²) < 4.78 is 0. The number of benzene rings is 1. The molecular weight excluding hydrogens is 272 g/mol. The van der Waals surface area contributed by atoms with Crippen molar-refractivity contribution in [1.82, 2.24) is 0 Å². The Labute approximate surface area is 113 Å². The number of nitro benzene ring substituents is 1. The molecule has 0 amide bonds. The molecule has 0 aliphatic carbocycles. The number of anilines is 1. The Hall–Kier alpha value is -1.59. The van der Waals surface area contributed by atoms with E-state index in [2.05, 4.69) is 5.32 Å². The van der Waals surface area contributed by atoms with Gasteiger partial charge in [0.05, 0.1) is 4.92 Å². The Kier molecular flexibility index (Phi) is 3.84. The van der Waals surface area contributed by atoms with Crippen LogP contribution in [-0.4, -0.2) is 4.92 Å². The molecule has 0 saturated carbocycles. The Morgan fingerprint density at radius 1 is 1.44 bits per heavy atom. The first-order valence-corrected chi connectivity index (χ1v) is 6.62. The maximum absolute atomic E-state index is 10.8. The standard InChI is InChI=1S/C12H11ClN2O2S/c1-8(9-4-5-18-7-9)14-10-2-3-11(13)12(6-10)15(16)17/h2-8,14H,1H3. The molecule has 0 spiro atoms. The quantitative estimate of drug-likeness (QED) is 0.664. The lowest BCUT2D eigenvalue weighted by Gasteiger charge is -2.14. The summed E-state index contributed by atoms with van der Waals surface area (Å²) in [5.74, 6) is 0. The van der Waals surface area contributed by atoms with Gasteiger partial charge in [-0.2, -0.15) is 11.3 Å². The third-order valence-corrected chi connectivity index (χ3v) is 3.59. The average molecular weight is 283 g/mol. The topological polar surface area (TPSA) is 55.2 Å². The lowest BCUT2D eigenvalue weighted by Crippen LogP contribution is -2.05. The molecular formula is C12H11ClN2O2S. The summed E-state index contributed by atoms with van der Waals surface area (Å²) in [5, 5.41) is 18.2. The number of halogens is 1. The molecule has 0 aliphatic rings. The molecule has 1 N–H and O–H groups in total. The minimum atomic E-state index is -0.483. The highest BCUT2D eigenvalue weighted by atomic mass is 35.5. The van der Waals surface area contributed by atoms with Crippen LogP contribution in [-0.2, 0) is 0 Å². The number of nitrogens with zero attached hydrogens (tertiary/aromatic N) is 1. The molecule has 0 saturated heterocycles. The third kappa shape index (κ3) is 2.80. The van der Waals surface area contributed by atoms with Crippen molar-refractivity contribution in [2.75, 3.05) is 5.32 Å². The van der Waals surface area contributed by atoms with Gasteiger partial charge in [-0.15, -0.1) is 0 Å². The van der Waals surface area contributed by atoms with Crippen LogP contribution < -0.4 is 5.32 Å². The van der Waals surface area contributed by atoms with Gasteiger partial charge in [0.15, 0.2) is 0 Å². The van der Waals surface area contributed by atoms with Crippen LogP contribution in [0.5, 0.6) is 0 Å². The van der Waals surface area contributed by atoms with Gasteiger partial charge in [-0.05, 0) is 41.4 Å². The van der Waals surface area contributed by atoms with E-state index in [-0.39, 0.29) is 16.8 Å². The van der Waals surface area contributed by atoms with Gasteiger partial charge >= 0.3 is 0 Å². The number of nitrogens with one attached hydrogen (secondary N) is 1. The van der Waals surface area contributed by atoms with Crippen LogP contribution in [0.25, 0.3) is 0 Å². The monoisotopic (exact) mass is 282 g/mol. The summed E-state index contributed by atoms with van der Waals surface area (Å²) in [6.07, 6.45) is 0. The van der Waals surface area contributed by atoms with E-state index in [0.29, 0.717) is 5.69 Å². The number of hydrogen-bond donors (Lipinski definition) is 1. The van der Waals surface area contributed by atoms with Crippen LogP contribution in [0.15, 0.2) is 35.0 Å². The Morgan fingerprint density at radius 3 is 2.83 bits per heavy atom. The molecule has 1 unspecified atom stereocenters. The van der Waals surface area contributed by atoms with Crippen molar-refractivity contribution in [3.63, 3.8) is 0 Å². The molecule has 1 aromatic heterocycles. The number of rotatable bonds is 4. The van der Waals surface area contributed by atoms with Crippen molar-refractivity contribution in [2.45, 2.75) is 13.0 Å². The van der Waals surface area contributed by atoms with Crippen LogP contribution in [0, 0.1) is 10.1 Å². The van der Waals surface area contributed by atoms with Crippen molar-refractivity contribution >= 4 is 34.3 Å². The van der Waals surface area contributed by atoms with E-state index in [4.69, 9.17) is 11.6 Å². The molecule has 4 nitrogen and oxygen atoms in total. The molecule has 0 fully saturated rings. The first kappa shape index (κ1) is 12.9. The van der Waals surface area contributed by atoms with Gasteiger partial charge in [0.1, 0.15) is 5.02 Å². The summed E-state index contributed by atoms with van der Waals surface area (Å²) in [4.78, 5) is 10.3. The number of nitro groups is 1. The van der Waals surface area contributed by atoms with Crippen LogP contribution in [0.2, 0.25) is 5.02 Å². The summed E-state index contributed by atoms with van der Waals surface area (Å²) in [6, 6.07) is 6.83. The van der Waals surface area contributed by atoms with Crippen LogP contribution in [0.1, 0.15) is 18.5 Å². The van der Waals surface area contributed by atoms with E-state index in [1.54, 1.807) is 17.4 Å². The van der Waals surface area contributed by atoms with Gasteiger partial charge in [-0.25, -0.2) is 0 Å². The molecule has 2 rings (SSSR count). The van der Waals surface area contributed by atoms with Gasteiger partial charge < -0.3 is 5.32 Å². The van der Waals surface area contributed by atoms with Crippen LogP contribution in [0.4, 0.5) is 11.4 Å². The maximum atomic E-state index is 10.8. The summed E-state index contributed by atoms with van der Waals surface area (Å²) in [7, 11) is 0. The molecule has 6 heteroatoms. The van der Waals surface area contributed by atoms with E-state index in [0.717, 1.165) is 5.56 Å². The molecule has 1 aromatic carbocycles. The second-order valence-corrected chi connectivity index (χ2v) is 5.03. The third-order valence-electron chi connectivity index (χ3n) is 2.57. The number of hydrogen-bond acceptors (Lipinski definition) is 4. The van der Waals surface area contributed by atoms with E-state index >= 15 is 0 Å². The lowest BCUT2D eigenvalue weighted by atomic mass is 10.1. The molecule has 94 valence electrons. The largest absolute Gasteiger partial charge is 0.378 e. The highest BCUT2D eigenvalue weighted by Gasteiger charge is 2.14. The first-order valence-electron chi connectivity index (χ1n) is 5.30. The fourth-order valence-electron chi connectivity index (χ4n) is 1.60. The van der Waals surface area contributed by atoms with Gasteiger partial charge in [0.2, 0.25) is 0 Å². The molecule has 1 heterocycles. The van der Waals surface area contributed by atoms with Gasteiger partial charge in [0, 0.05) is 17.8 Å². The van der Waals surface area contributed by atoms with E-state index in [1.807, 2.05) is 23.8 Å². The molecule has 0 bridgehead atoms. The average Bonchev–Trinajstić information content (AvgIpc) is 2.85. The Morgan fingerprint density at radius 2 is 2.22 bits per heavy atom. The summed E-state index contributed by atoms with van der Waals surface area (Å²) in [6.45, 7) is 2.00. The molecule has 1 atom stereocenters. The zero-order valence-corrected chi connectivity index (χ0v) is 11.2. The Bertz CT molecular complexity index is 557. The minimum absolute atomic E-state index is 0.0841. The fourth-order valence-corrected chi connectivity index (χ4v) is 2.54. The van der Waals surface area contributed by atoms with Crippen molar-refractivity contribution < 1.29 is 4.92 Å². The van der Waals surface area contributed by atoms with Gasteiger partial charge in [0.25, 0.3) is 5.69 Å². The van der Waals surface area contributed by atoms with Crippen LogP contribution >= 0.6 is 22.9 Å². The zero-order valence-electron chi connectivity index (χ0n) is 9.59. The molecule has 0 aliphatic heterocycles. The first-order chi connectivity index (χ1) is 8.58. The zero-order chi connectivity index (χ0) is 13.1. The van der Waals surface area contributed by atoms with E-state index in [1.165, 1.54) is 12.1 Å². The fraction of sp³-hybridized carbons (Fsp3) is 0.167. The molecule has 18 heavy (non-hydrogen) atoms.